The van der Waals surface area contributed by atoms with E-state index in [2.05, 4.69) is 54.9 Å². The molecule has 0 saturated carbocycles. The van der Waals surface area contributed by atoms with E-state index in [1.807, 2.05) is 17.7 Å². The molecule has 0 spiro atoms. The van der Waals surface area contributed by atoms with E-state index in [0.29, 0.717) is 25.3 Å². The number of nitrogens with zero attached hydrogens (tertiary/aromatic N) is 4. The summed E-state index contributed by atoms with van der Waals surface area (Å²) in [6.07, 6.45) is 7.41. The molecule has 0 N–H and O–H groups in total. The number of amides is 1. The Morgan fingerprint density at radius 1 is 1.10 bits per heavy atom. The zero-order valence-corrected chi connectivity index (χ0v) is 19.6. The van der Waals surface area contributed by atoms with Gasteiger partial charge in [0.2, 0.25) is 5.91 Å². The van der Waals surface area contributed by atoms with Gasteiger partial charge in [0.05, 0.1) is 12.7 Å². The van der Waals surface area contributed by atoms with Gasteiger partial charge in [0, 0.05) is 32.6 Å². The van der Waals surface area contributed by atoms with E-state index in [1.165, 1.54) is 18.1 Å². The third-order valence-electron chi connectivity index (χ3n) is 5.63. The maximum Gasteiger partial charge on any atom is 0.246 e. The Bertz CT molecular complexity index is 878. The first kappa shape index (κ1) is 24.5. The highest BCUT2D eigenvalue weighted by molar-refractivity contribution is 5.92. The lowest BCUT2D eigenvalue weighted by molar-refractivity contribution is -0.127. The van der Waals surface area contributed by atoms with Gasteiger partial charge in [-0.1, -0.05) is 51.1 Å². The van der Waals surface area contributed by atoms with Crippen molar-refractivity contribution in [2.75, 3.05) is 26.7 Å². The molecule has 0 aliphatic carbocycles. The number of likely N-dealkylation sites (N-methyl/N-ethyl adjacent to an activating group) is 1. The summed E-state index contributed by atoms with van der Waals surface area (Å²) < 4.78 is 1.90. The van der Waals surface area contributed by atoms with Crippen LogP contribution in [0.1, 0.15) is 55.1 Å². The van der Waals surface area contributed by atoms with E-state index in [-0.39, 0.29) is 11.7 Å². The first-order valence-corrected chi connectivity index (χ1v) is 11.2. The maximum atomic E-state index is 12.1. The Morgan fingerprint density at radius 2 is 1.74 bits per heavy atom. The number of hydrogen-bond donors (Lipinski definition) is 0. The van der Waals surface area contributed by atoms with Crippen LogP contribution in [0.15, 0.2) is 42.6 Å². The van der Waals surface area contributed by atoms with Gasteiger partial charge in [-0.3, -0.25) is 9.59 Å². The smallest absolute Gasteiger partial charge is 0.246 e. The number of Topliss-reactive ketones (excluding diaryl/α,β-unsaturated/α-hetero) is 1. The SMILES string of the molecule is CCN(C)C/C=C/C(=O)N1CCn2c(C(C)=O)cnc2C1.CCc1ccccc1CC. The number of ketones is 1. The van der Waals surface area contributed by atoms with E-state index in [9.17, 15) is 9.59 Å². The lowest BCUT2D eigenvalue weighted by atomic mass is 10.0. The number of benzene rings is 1. The zero-order valence-electron chi connectivity index (χ0n) is 19.6. The van der Waals surface area contributed by atoms with Crippen molar-refractivity contribution in [2.24, 2.45) is 0 Å². The Labute approximate surface area is 186 Å². The maximum absolute atomic E-state index is 12.1. The monoisotopic (exact) mass is 424 g/mol. The van der Waals surface area contributed by atoms with Crippen molar-refractivity contribution < 1.29 is 9.59 Å². The minimum Gasteiger partial charge on any atom is -0.330 e. The molecule has 6 heteroatoms. The fraction of sp³-hybridized carbons (Fsp3) is 0.480. The predicted octanol–water partition coefficient (Wildman–Crippen LogP) is 3.75. The molecule has 1 aromatic heterocycles. The van der Waals surface area contributed by atoms with Gasteiger partial charge in [-0.15, -0.1) is 0 Å². The molecule has 1 aliphatic heterocycles. The number of aryl methyl sites for hydroxylation is 2. The molecular weight excluding hydrogens is 388 g/mol. The summed E-state index contributed by atoms with van der Waals surface area (Å²) in [5.74, 6) is 0.785. The van der Waals surface area contributed by atoms with Gasteiger partial charge in [-0.2, -0.15) is 0 Å². The van der Waals surface area contributed by atoms with Gasteiger partial charge in [0.15, 0.2) is 5.78 Å². The van der Waals surface area contributed by atoms with Crippen LogP contribution in [0.3, 0.4) is 0 Å². The molecule has 2 aromatic rings. The molecule has 0 saturated heterocycles. The highest BCUT2D eigenvalue weighted by Crippen LogP contribution is 2.15. The van der Waals surface area contributed by atoms with Crippen LogP contribution in [0, 0.1) is 0 Å². The lowest BCUT2D eigenvalue weighted by Crippen LogP contribution is -2.38. The van der Waals surface area contributed by atoms with Gasteiger partial charge >= 0.3 is 0 Å². The number of fused-ring (bicyclic) bond motifs is 1. The summed E-state index contributed by atoms with van der Waals surface area (Å²) >= 11 is 0. The zero-order chi connectivity index (χ0) is 22.8. The van der Waals surface area contributed by atoms with Crippen LogP contribution in [0.2, 0.25) is 0 Å². The molecule has 168 valence electrons. The molecule has 31 heavy (non-hydrogen) atoms. The highest BCUT2D eigenvalue weighted by atomic mass is 16.2. The van der Waals surface area contributed by atoms with Gasteiger partial charge in [-0.05, 0) is 37.6 Å². The molecular formula is C25H36N4O2. The van der Waals surface area contributed by atoms with Crippen LogP contribution in [0.25, 0.3) is 0 Å². The number of carbonyl (C=O) groups is 2. The standard InChI is InChI=1S/C15H22N4O2.C10H14/c1-4-17(3)7-5-6-15(21)18-8-9-19-13(12(2)20)10-16-14(19)11-18;1-3-9-7-5-6-8-10(9)4-2/h5-6,10H,4,7-9,11H2,1-3H3;5-8H,3-4H2,1-2H3/b6-5+;. The number of aromatic nitrogens is 2. The first-order valence-electron chi connectivity index (χ1n) is 11.2. The second kappa shape index (κ2) is 12.2. The van der Waals surface area contributed by atoms with Crippen LogP contribution in [0.5, 0.6) is 0 Å². The Hall–Kier alpha value is -2.73. The fourth-order valence-corrected chi connectivity index (χ4v) is 3.54. The Morgan fingerprint density at radius 3 is 2.29 bits per heavy atom. The topological polar surface area (TPSA) is 58.4 Å². The van der Waals surface area contributed by atoms with Crippen molar-refractivity contribution >= 4 is 11.7 Å². The molecule has 6 nitrogen and oxygen atoms in total. The minimum absolute atomic E-state index is 0.00173. The average Bonchev–Trinajstić information content (AvgIpc) is 3.22. The van der Waals surface area contributed by atoms with E-state index in [1.54, 1.807) is 17.2 Å². The summed E-state index contributed by atoms with van der Waals surface area (Å²) in [4.78, 5) is 31.7. The summed E-state index contributed by atoms with van der Waals surface area (Å²) in [5, 5.41) is 0. The Kier molecular flexibility index (Phi) is 9.66. The normalized spacial score (nSPS) is 13.2. The van der Waals surface area contributed by atoms with Gasteiger partial charge in [0.25, 0.3) is 0 Å². The highest BCUT2D eigenvalue weighted by Gasteiger charge is 2.23. The number of rotatable bonds is 7. The second-order valence-corrected chi connectivity index (χ2v) is 7.76. The van der Waals surface area contributed by atoms with Crippen molar-refractivity contribution in [3.8, 4) is 0 Å². The molecule has 3 rings (SSSR count). The van der Waals surface area contributed by atoms with Gasteiger partial charge in [-0.25, -0.2) is 4.98 Å². The summed E-state index contributed by atoms with van der Waals surface area (Å²) in [6, 6.07) is 8.63. The van der Waals surface area contributed by atoms with E-state index >= 15 is 0 Å². The molecule has 0 unspecified atom stereocenters. The van der Waals surface area contributed by atoms with Crippen LogP contribution in [-0.4, -0.2) is 57.7 Å². The van der Waals surface area contributed by atoms with Crippen LogP contribution in [-0.2, 0) is 30.7 Å². The van der Waals surface area contributed by atoms with Crippen molar-refractivity contribution in [3.05, 3.63) is 65.3 Å². The minimum atomic E-state index is -0.00173. The molecule has 1 amide bonds. The first-order chi connectivity index (χ1) is 14.9. The van der Waals surface area contributed by atoms with E-state index < -0.39 is 0 Å². The van der Waals surface area contributed by atoms with Gasteiger partial charge < -0.3 is 14.4 Å². The fourth-order valence-electron chi connectivity index (χ4n) is 3.54. The van der Waals surface area contributed by atoms with Crippen molar-refractivity contribution in [1.29, 1.82) is 0 Å². The van der Waals surface area contributed by atoms with Crippen molar-refractivity contribution in [2.45, 2.75) is 53.6 Å². The van der Waals surface area contributed by atoms with E-state index in [0.717, 1.165) is 31.8 Å². The average molecular weight is 425 g/mol. The van der Waals surface area contributed by atoms with E-state index in [4.69, 9.17) is 0 Å². The van der Waals surface area contributed by atoms with Crippen molar-refractivity contribution in [3.63, 3.8) is 0 Å². The van der Waals surface area contributed by atoms with Crippen LogP contribution < -0.4 is 0 Å². The number of carbonyl (C=O) groups excluding carboxylic acids is 2. The van der Waals surface area contributed by atoms with Crippen LogP contribution >= 0.6 is 0 Å². The van der Waals surface area contributed by atoms with Crippen LogP contribution in [0.4, 0.5) is 0 Å². The van der Waals surface area contributed by atoms with Crippen molar-refractivity contribution in [1.82, 2.24) is 19.4 Å². The Balaban J connectivity index is 0.000000285. The number of imidazole rings is 1. The third kappa shape index (κ3) is 6.89. The molecule has 0 bridgehead atoms. The summed E-state index contributed by atoms with van der Waals surface area (Å²) in [7, 11) is 2.01. The predicted molar refractivity (Wildman–Crippen MR) is 125 cm³/mol. The molecule has 0 atom stereocenters. The largest absolute Gasteiger partial charge is 0.330 e. The quantitative estimate of drug-likeness (QED) is 0.502. The molecule has 1 aliphatic rings. The second-order valence-electron chi connectivity index (χ2n) is 7.76. The molecule has 0 radical (unpaired) electrons. The summed E-state index contributed by atoms with van der Waals surface area (Å²) in [6.45, 7) is 11.4. The summed E-state index contributed by atoms with van der Waals surface area (Å²) in [5.41, 5.74) is 3.60. The number of hydrogen-bond acceptors (Lipinski definition) is 4. The molecule has 2 heterocycles. The molecule has 0 fully saturated rings. The van der Waals surface area contributed by atoms with Gasteiger partial charge in [0.1, 0.15) is 11.5 Å². The third-order valence-corrected chi connectivity index (χ3v) is 5.63. The molecule has 1 aromatic carbocycles. The lowest BCUT2D eigenvalue weighted by Gasteiger charge is -2.27.